The van der Waals surface area contributed by atoms with Crippen molar-refractivity contribution in [1.82, 2.24) is 15.0 Å². The minimum absolute atomic E-state index is 0.00575. The fourth-order valence-electron chi connectivity index (χ4n) is 2.99. The van der Waals surface area contributed by atoms with E-state index in [1.807, 2.05) is 6.92 Å². The van der Waals surface area contributed by atoms with Crippen LogP contribution in [-0.2, 0) is 42.8 Å². The third kappa shape index (κ3) is 21.4. The van der Waals surface area contributed by atoms with Crippen LogP contribution in [0.25, 0.3) is 0 Å². The second-order valence-corrected chi connectivity index (χ2v) is 8.50. The molecule has 0 unspecified atom stereocenters. The maximum Gasteiger partial charge on any atom is 0.522 e. The lowest BCUT2D eigenvalue weighted by Crippen LogP contribution is -2.21. The van der Waals surface area contributed by atoms with E-state index in [0.29, 0.717) is 12.8 Å². The van der Waals surface area contributed by atoms with Crippen LogP contribution in [0.15, 0.2) is 73.2 Å². The Kier molecular flexibility index (Phi) is 25.1. The molecule has 3 rings (SSSR count). The van der Waals surface area contributed by atoms with Gasteiger partial charge in [-0.3, -0.25) is 25.2 Å². The summed E-state index contributed by atoms with van der Waals surface area (Å²) < 4.78 is 32.8. The number of esters is 3. The van der Waals surface area contributed by atoms with Crippen molar-refractivity contribution < 1.29 is 61.8 Å². The SMILES string of the molecule is CC[C@H]([B]OC=N)C(=O)OC.COC(=O)[C@@H]([B]OC=N)CCC(=O)Oc1ccccn1.O=C(Oc1ccccn1)Oc1ccccn1.O=C=O. The van der Waals surface area contributed by atoms with E-state index in [-0.39, 0.29) is 48.4 Å². The molecule has 0 fully saturated rings. The highest BCUT2D eigenvalue weighted by Crippen LogP contribution is 2.16. The van der Waals surface area contributed by atoms with Gasteiger partial charge in [-0.2, -0.15) is 9.59 Å². The molecule has 0 saturated heterocycles. The number of methoxy groups -OCH3 is 2. The number of hydrogen-bond acceptors (Lipinski definition) is 18. The lowest BCUT2D eigenvalue weighted by molar-refractivity contribution is -0.191. The maximum atomic E-state index is 11.6. The first-order valence-corrected chi connectivity index (χ1v) is 14.1. The van der Waals surface area contributed by atoms with Crippen LogP contribution in [-0.4, -0.2) is 87.2 Å². The molecule has 0 saturated carbocycles. The Balaban J connectivity index is 0.000000718. The predicted molar refractivity (Wildman–Crippen MR) is 172 cm³/mol. The van der Waals surface area contributed by atoms with Crippen LogP contribution in [0.5, 0.6) is 17.6 Å². The van der Waals surface area contributed by atoms with Gasteiger partial charge in [0.1, 0.15) is 12.8 Å². The zero-order chi connectivity index (χ0) is 37.4. The molecule has 18 nitrogen and oxygen atoms in total. The average molecular weight is 693 g/mol. The van der Waals surface area contributed by atoms with Crippen molar-refractivity contribution in [3.63, 3.8) is 0 Å². The van der Waals surface area contributed by atoms with Crippen LogP contribution in [0.1, 0.15) is 26.2 Å². The predicted octanol–water partition coefficient (Wildman–Crippen LogP) is 3.04. The van der Waals surface area contributed by atoms with E-state index in [1.54, 1.807) is 54.6 Å². The van der Waals surface area contributed by atoms with E-state index >= 15 is 0 Å². The topological polar surface area (TPSA) is 253 Å². The van der Waals surface area contributed by atoms with Gasteiger partial charge in [-0.05, 0) is 31.0 Å². The Morgan fingerprint density at radius 1 is 0.720 bits per heavy atom. The van der Waals surface area contributed by atoms with Crippen LogP contribution in [0.2, 0.25) is 11.6 Å². The van der Waals surface area contributed by atoms with Crippen molar-refractivity contribution >= 4 is 58.0 Å². The summed E-state index contributed by atoms with van der Waals surface area (Å²) in [4.78, 5) is 72.8. The Morgan fingerprint density at radius 2 is 1.12 bits per heavy atom. The molecule has 0 amide bonds. The molecular weight excluding hydrogens is 660 g/mol. The van der Waals surface area contributed by atoms with Crippen LogP contribution in [0, 0.1) is 10.8 Å². The molecule has 50 heavy (non-hydrogen) atoms. The third-order valence-corrected chi connectivity index (χ3v) is 5.24. The number of nitrogens with one attached hydrogen (secondary N) is 2. The summed E-state index contributed by atoms with van der Waals surface area (Å²) in [7, 11) is 4.99. The first-order valence-electron chi connectivity index (χ1n) is 14.1. The van der Waals surface area contributed by atoms with Crippen LogP contribution in [0.4, 0.5) is 4.79 Å². The van der Waals surface area contributed by atoms with E-state index < -0.39 is 23.9 Å². The molecule has 3 heterocycles. The van der Waals surface area contributed by atoms with Gasteiger partial charge in [-0.15, -0.1) is 0 Å². The first-order chi connectivity index (χ1) is 24.2. The largest absolute Gasteiger partial charge is 0.555 e. The van der Waals surface area contributed by atoms with Crippen molar-refractivity contribution in [2.24, 2.45) is 0 Å². The lowest BCUT2D eigenvalue weighted by atomic mass is 9.77. The van der Waals surface area contributed by atoms with E-state index in [4.69, 9.17) is 34.6 Å². The number of nitrogens with zero attached hydrogens (tertiary/aromatic N) is 3. The molecule has 0 aliphatic carbocycles. The van der Waals surface area contributed by atoms with Gasteiger partial charge in [-0.1, -0.05) is 25.1 Å². The number of carbonyl (C=O) groups is 4. The van der Waals surface area contributed by atoms with E-state index in [1.165, 1.54) is 40.3 Å². The molecular formula is C30H33B2N5O13. The lowest BCUT2D eigenvalue weighted by Gasteiger charge is -2.11. The third-order valence-electron chi connectivity index (χ3n) is 5.24. The fraction of sp³-hybridized carbons (Fsp3) is 0.267. The van der Waals surface area contributed by atoms with Crippen LogP contribution >= 0.6 is 0 Å². The van der Waals surface area contributed by atoms with Gasteiger partial charge in [0.2, 0.25) is 17.6 Å². The molecule has 0 aliphatic heterocycles. The number of pyridine rings is 3. The van der Waals surface area contributed by atoms with Gasteiger partial charge < -0.3 is 33.0 Å². The van der Waals surface area contributed by atoms with Crippen molar-refractivity contribution in [1.29, 1.82) is 10.8 Å². The smallest absolute Gasteiger partial charge is 0.522 e. The van der Waals surface area contributed by atoms with Crippen LogP contribution in [0.3, 0.4) is 0 Å². The minimum Gasteiger partial charge on any atom is -0.555 e. The number of carbonyl (C=O) groups excluding carboxylic acids is 6. The van der Waals surface area contributed by atoms with E-state index in [0.717, 1.165) is 13.9 Å². The molecule has 0 aromatic carbocycles. The standard InChI is InChI=1S/C12H14BN2O5.C11H8N2O3.C6H11BNO3.CO2/c1-18-12(17)9(13-19-8-14)5-6-11(16)20-10-4-2-3-7-15-10;14-11(15-9-5-1-3-7-12-9)16-10-6-2-4-8-13-10;1-3-5(6(9)10-2)7-11-4-8;2-1-3/h2-4,7-9,14H,5-6H2,1H3;1-8H;4-5,8H,3H2,1-2H3;/t9-;;5-;/m0.0./s1. The minimum atomic E-state index is -0.864. The zero-order valence-corrected chi connectivity index (χ0v) is 27.2. The van der Waals surface area contributed by atoms with Crippen molar-refractivity contribution in [2.75, 3.05) is 14.2 Å². The normalized spacial score (nSPS) is 10.1. The second kappa shape index (κ2) is 28.8. The number of ether oxygens (including phenoxy) is 5. The highest BCUT2D eigenvalue weighted by molar-refractivity contribution is 6.38. The summed E-state index contributed by atoms with van der Waals surface area (Å²) in [6, 6.07) is 14.9. The molecule has 0 spiro atoms. The summed E-state index contributed by atoms with van der Waals surface area (Å²) in [5.41, 5.74) is 0. The summed E-state index contributed by atoms with van der Waals surface area (Å²) >= 11 is 0. The average Bonchev–Trinajstić information content (AvgIpc) is 3.13. The Labute approximate surface area is 288 Å². The van der Waals surface area contributed by atoms with Gasteiger partial charge in [0.25, 0.3) is 0 Å². The molecule has 262 valence electrons. The zero-order valence-electron chi connectivity index (χ0n) is 27.2. The van der Waals surface area contributed by atoms with Gasteiger partial charge in [0.05, 0.1) is 25.9 Å². The Hall–Kier alpha value is -6.42. The molecule has 3 aromatic heterocycles. The molecule has 2 N–H and O–H groups in total. The van der Waals surface area contributed by atoms with Crippen molar-refractivity contribution in [2.45, 2.75) is 37.8 Å². The van der Waals surface area contributed by atoms with Gasteiger partial charge in [0.15, 0.2) is 0 Å². The molecule has 20 heteroatoms. The first kappa shape index (κ1) is 43.6. The monoisotopic (exact) mass is 693 g/mol. The van der Waals surface area contributed by atoms with Gasteiger partial charge in [0, 0.05) is 43.2 Å². The maximum absolute atomic E-state index is 11.6. The van der Waals surface area contributed by atoms with Crippen molar-refractivity contribution in [3.05, 3.63) is 73.2 Å². The fourth-order valence-corrected chi connectivity index (χ4v) is 2.99. The molecule has 2 atom stereocenters. The quantitative estimate of drug-likeness (QED) is 0.100. The summed E-state index contributed by atoms with van der Waals surface area (Å²) in [6.45, 7) is 1.84. The van der Waals surface area contributed by atoms with Crippen molar-refractivity contribution in [3.8, 4) is 17.6 Å². The molecule has 3 aromatic rings. The number of aromatic nitrogens is 3. The van der Waals surface area contributed by atoms with E-state index in [9.17, 15) is 19.2 Å². The second-order valence-electron chi connectivity index (χ2n) is 8.50. The Morgan fingerprint density at radius 3 is 1.48 bits per heavy atom. The van der Waals surface area contributed by atoms with Crippen LogP contribution < -0.4 is 14.2 Å². The number of hydrogen-bond donors (Lipinski definition) is 2. The van der Waals surface area contributed by atoms with Gasteiger partial charge in [-0.25, -0.2) is 19.7 Å². The van der Waals surface area contributed by atoms with Gasteiger partial charge >= 0.3 is 45.2 Å². The molecule has 0 bridgehead atoms. The highest BCUT2D eigenvalue weighted by atomic mass is 16.7. The summed E-state index contributed by atoms with van der Waals surface area (Å²) in [5, 5.41) is 13.3. The highest BCUT2D eigenvalue weighted by Gasteiger charge is 2.24. The Bertz CT molecular complexity index is 1410. The molecule has 0 aliphatic rings. The summed E-state index contributed by atoms with van der Waals surface area (Å²) in [6.07, 6.45) is 6.14. The number of rotatable bonds is 15. The summed E-state index contributed by atoms with van der Waals surface area (Å²) in [5.74, 6) is -1.94. The van der Waals surface area contributed by atoms with E-state index in [2.05, 4.69) is 33.7 Å². The molecule has 2 radical (unpaired) electrons.